The Labute approximate surface area is 152 Å². The van der Waals surface area contributed by atoms with Gasteiger partial charge in [-0.1, -0.05) is 29.8 Å². The van der Waals surface area contributed by atoms with Crippen molar-refractivity contribution in [1.29, 1.82) is 0 Å². The second-order valence-electron chi connectivity index (χ2n) is 7.24. The maximum atomic E-state index is 12.8. The van der Waals surface area contributed by atoms with Crippen molar-refractivity contribution >= 4 is 18.3 Å². The van der Waals surface area contributed by atoms with Crippen LogP contribution in [0.3, 0.4) is 0 Å². The highest BCUT2D eigenvalue weighted by molar-refractivity contribution is 5.85. The van der Waals surface area contributed by atoms with Crippen molar-refractivity contribution in [3.8, 4) is 0 Å². The Kier molecular flexibility index (Phi) is 7.57. The van der Waals surface area contributed by atoms with E-state index in [2.05, 4.69) is 41.4 Å². The van der Waals surface area contributed by atoms with Crippen LogP contribution in [0.5, 0.6) is 0 Å². The van der Waals surface area contributed by atoms with Crippen LogP contribution in [0.1, 0.15) is 62.1 Å². The molecule has 3 nitrogen and oxygen atoms in total. The Balaban J connectivity index is 0.00000208. The van der Waals surface area contributed by atoms with Gasteiger partial charge in [0.25, 0.3) is 0 Å². The molecular weight excluding hydrogens is 320 g/mol. The van der Waals surface area contributed by atoms with Crippen molar-refractivity contribution in [2.24, 2.45) is 5.92 Å². The van der Waals surface area contributed by atoms with Gasteiger partial charge in [-0.15, -0.1) is 12.4 Å². The Morgan fingerprint density at radius 3 is 2.54 bits per heavy atom. The predicted molar refractivity (Wildman–Crippen MR) is 102 cm³/mol. The molecule has 2 fully saturated rings. The van der Waals surface area contributed by atoms with Gasteiger partial charge in [-0.25, -0.2) is 0 Å². The Hall–Kier alpha value is -1.06. The molecule has 24 heavy (non-hydrogen) atoms. The molecule has 2 aliphatic rings. The third-order valence-corrected chi connectivity index (χ3v) is 5.51. The SMILES string of the molecule is Cc1ccc(C2CCCCN2C(=O)CCC2CCNCC2)cc1.Cl. The molecule has 1 amide bonds. The van der Waals surface area contributed by atoms with E-state index in [-0.39, 0.29) is 12.4 Å². The summed E-state index contributed by atoms with van der Waals surface area (Å²) in [6.07, 6.45) is 7.76. The first-order valence-corrected chi connectivity index (χ1v) is 9.31. The van der Waals surface area contributed by atoms with Crippen molar-refractivity contribution in [2.45, 2.75) is 57.9 Å². The summed E-state index contributed by atoms with van der Waals surface area (Å²) < 4.78 is 0. The molecule has 0 saturated carbocycles. The molecular formula is C20H31ClN2O. The van der Waals surface area contributed by atoms with E-state index < -0.39 is 0 Å². The standard InChI is InChI=1S/C20H30N2O.ClH/c1-16-5-8-18(9-6-16)19-4-2-3-15-22(19)20(23)10-7-17-11-13-21-14-12-17;/h5-6,8-9,17,19,21H,2-4,7,10-15H2,1H3;1H. The summed E-state index contributed by atoms with van der Waals surface area (Å²) in [6, 6.07) is 9.05. The number of aryl methyl sites for hydroxylation is 1. The number of hydrogen-bond donors (Lipinski definition) is 1. The van der Waals surface area contributed by atoms with Gasteiger partial charge in [0, 0.05) is 13.0 Å². The molecule has 134 valence electrons. The molecule has 4 heteroatoms. The lowest BCUT2D eigenvalue weighted by molar-refractivity contribution is -0.135. The first-order chi connectivity index (χ1) is 11.2. The van der Waals surface area contributed by atoms with Gasteiger partial charge in [0.2, 0.25) is 5.91 Å². The first-order valence-electron chi connectivity index (χ1n) is 9.31. The maximum Gasteiger partial charge on any atom is 0.223 e. The van der Waals surface area contributed by atoms with Crippen LogP contribution in [0.25, 0.3) is 0 Å². The second kappa shape index (κ2) is 9.43. The van der Waals surface area contributed by atoms with Crippen LogP contribution in [-0.4, -0.2) is 30.4 Å². The molecule has 1 unspecified atom stereocenters. The average molecular weight is 351 g/mol. The second-order valence-corrected chi connectivity index (χ2v) is 7.24. The molecule has 3 rings (SSSR count). The molecule has 2 saturated heterocycles. The molecule has 0 spiro atoms. The molecule has 1 aromatic rings. The number of carbonyl (C=O) groups excluding carboxylic acids is 1. The lowest BCUT2D eigenvalue weighted by Gasteiger charge is -2.36. The van der Waals surface area contributed by atoms with Gasteiger partial charge in [-0.05, 0) is 70.0 Å². The summed E-state index contributed by atoms with van der Waals surface area (Å²) in [7, 11) is 0. The van der Waals surface area contributed by atoms with Crippen LogP contribution in [0.15, 0.2) is 24.3 Å². The Morgan fingerprint density at radius 1 is 1.12 bits per heavy atom. The van der Waals surface area contributed by atoms with Crippen LogP contribution in [0.4, 0.5) is 0 Å². The highest BCUT2D eigenvalue weighted by atomic mass is 35.5. The van der Waals surface area contributed by atoms with Gasteiger partial charge in [-0.2, -0.15) is 0 Å². The van der Waals surface area contributed by atoms with Gasteiger partial charge >= 0.3 is 0 Å². The van der Waals surface area contributed by atoms with E-state index in [9.17, 15) is 4.79 Å². The van der Waals surface area contributed by atoms with E-state index in [0.717, 1.165) is 51.2 Å². The Bertz CT molecular complexity index is 511. The smallest absolute Gasteiger partial charge is 0.223 e. The van der Waals surface area contributed by atoms with Crippen LogP contribution >= 0.6 is 12.4 Å². The molecule has 1 atom stereocenters. The van der Waals surface area contributed by atoms with Crippen LogP contribution in [0.2, 0.25) is 0 Å². The third kappa shape index (κ3) is 4.97. The Morgan fingerprint density at radius 2 is 1.83 bits per heavy atom. The molecule has 2 aliphatic heterocycles. The summed E-state index contributed by atoms with van der Waals surface area (Å²) in [5, 5.41) is 3.40. The fraction of sp³-hybridized carbons (Fsp3) is 0.650. The van der Waals surface area contributed by atoms with Crippen molar-refractivity contribution in [1.82, 2.24) is 10.2 Å². The molecule has 1 N–H and O–H groups in total. The monoisotopic (exact) mass is 350 g/mol. The highest BCUT2D eigenvalue weighted by Gasteiger charge is 2.28. The number of amides is 1. The van der Waals surface area contributed by atoms with Crippen LogP contribution < -0.4 is 5.32 Å². The normalized spacial score (nSPS) is 22.0. The summed E-state index contributed by atoms with van der Waals surface area (Å²) in [6.45, 7) is 5.29. The molecule has 1 aromatic carbocycles. The molecule has 0 bridgehead atoms. The van der Waals surface area contributed by atoms with E-state index in [0.29, 0.717) is 11.9 Å². The van der Waals surface area contributed by atoms with E-state index in [1.54, 1.807) is 0 Å². The number of benzene rings is 1. The summed E-state index contributed by atoms with van der Waals surface area (Å²) in [4.78, 5) is 15.0. The molecule has 0 aromatic heterocycles. The van der Waals surface area contributed by atoms with Crippen molar-refractivity contribution in [2.75, 3.05) is 19.6 Å². The van der Waals surface area contributed by atoms with Gasteiger partial charge in [0.1, 0.15) is 0 Å². The predicted octanol–water partition coefficient (Wildman–Crippen LogP) is 4.25. The van der Waals surface area contributed by atoms with Crippen molar-refractivity contribution < 1.29 is 4.79 Å². The number of nitrogens with one attached hydrogen (secondary N) is 1. The summed E-state index contributed by atoms with van der Waals surface area (Å²) in [5.74, 6) is 1.11. The minimum absolute atomic E-state index is 0. The van der Waals surface area contributed by atoms with E-state index in [4.69, 9.17) is 0 Å². The van der Waals surface area contributed by atoms with Crippen molar-refractivity contribution in [3.63, 3.8) is 0 Å². The van der Waals surface area contributed by atoms with Crippen LogP contribution in [-0.2, 0) is 4.79 Å². The fourth-order valence-corrected chi connectivity index (χ4v) is 4.01. The number of halogens is 1. The van der Waals surface area contributed by atoms with E-state index >= 15 is 0 Å². The number of piperidine rings is 2. The lowest BCUT2D eigenvalue weighted by Crippen LogP contribution is -2.38. The maximum absolute atomic E-state index is 12.8. The lowest BCUT2D eigenvalue weighted by atomic mass is 9.91. The largest absolute Gasteiger partial charge is 0.336 e. The minimum atomic E-state index is 0. The average Bonchev–Trinajstić information content (AvgIpc) is 2.61. The third-order valence-electron chi connectivity index (χ3n) is 5.51. The summed E-state index contributed by atoms with van der Waals surface area (Å²) >= 11 is 0. The molecule has 0 radical (unpaired) electrons. The van der Waals surface area contributed by atoms with Gasteiger partial charge < -0.3 is 10.2 Å². The topological polar surface area (TPSA) is 32.3 Å². The van der Waals surface area contributed by atoms with Crippen LogP contribution in [0, 0.1) is 12.8 Å². The molecule has 2 heterocycles. The fourth-order valence-electron chi connectivity index (χ4n) is 4.01. The number of hydrogen-bond acceptors (Lipinski definition) is 2. The van der Waals surface area contributed by atoms with E-state index in [1.165, 1.54) is 30.4 Å². The highest BCUT2D eigenvalue weighted by Crippen LogP contribution is 2.32. The van der Waals surface area contributed by atoms with Gasteiger partial charge in [-0.3, -0.25) is 4.79 Å². The number of likely N-dealkylation sites (tertiary alicyclic amines) is 1. The first kappa shape index (κ1) is 19.3. The summed E-state index contributed by atoms with van der Waals surface area (Å²) in [5.41, 5.74) is 2.60. The molecule has 0 aliphatic carbocycles. The zero-order valence-corrected chi connectivity index (χ0v) is 15.6. The van der Waals surface area contributed by atoms with Gasteiger partial charge in [0.15, 0.2) is 0 Å². The zero-order chi connectivity index (χ0) is 16.1. The number of rotatable bonds is 4. The quantitative estimate of drug-likeness (QED) is 0.880. The van der Waals surface area contributed by atoms with Crippen molar-refractivity contribution in [3.05, 3.63) is 35.4 Å². The number of carbonyl (C=O) groups is 1. The number of nitrogens with zero attached hydrogens (tertiary/aromatic N) is 1. The zero-order valence-electron chi connectivity index (χ0n) is 14.8. The van der Waals surface area contributed by atoms with Gasteiger partial charge in [0.05, 0.1) is 6.04 Å². The minimum Gasteiger partial charge on any atom is -0.336 e. The van der Waals surface area contributed by atoms with E-state index in [1.807, 2.05) is 0 Å².